The van der Waals surface area contributed by atoms with Crippen molar-refractivity contribution in [3.8, 4) is 6.07 Å². The number of piperidine rings is 1. The number of carbonyl (C=O) groups is 1. The molecular weight excluding hydrogens is 306 g/mol. The van der Waals surface area contributed by atoms with Crippen molar-refractivity contribution in [1.29, 1.82) is 5.26 Å². The number of anilines is 1. The van der Waals surface area contributed by atoms with E-state index in [4.69, 9.17) is 5.26 Å². The third kappa shape index (κ3) is 4.34. The van der Waals surface area contributed by atoms with E-state index in [1.165, 1.54) is 0 Å². The summed E-state index contributed by atoms with van der Waals surface area (Å²) in [7, 11) is 0. The van der Waals surface area contributed by atoms with Crippen molar-refractivity contribution in [2.75, 3.05) is 25.0 Å². The Hall–Kier alpha value is -1.38. The highest BCUT2D eigenvalue weighted by molar-refractivity contribution is 9.10. The number of hydrogen-bond donors (Lipinski definition) is 1. The molecule has 1 amide bonds. The third-order valence-corrected chi connectivity index (χ3v) is 3.71. The minimum absolute atomic E-state index is 0.0269. The molecule has 1 fully saturated rings. The molecule has 1 aliphatic rings. The van der Waals surface area contributed by atoms with Gasteiger partial charge in [0.05, 0.1) is 18.5 Å². The number of benzene rings is 1. The number of likely N-dealkylation sites (tertiary alicyclic amines) is 1. The smallest absolute Gasteiger partial charge is 0.238 e. The molecule has 0 radical (unpaired) electrons. The van der Waals surface area contributed by atoms with Crippen LogP contribution < -0.4 is 5.32 Å². The molecule has 1 N–H and O–H groups in total. The lowest BCUT2D eigenvalue weighted by Gasteiger charge is -2.28. The summed E-state index contributed by atoms with van der Waals surface area (Å²) < 4.78 is 0.985. The fourth-order valence-corrected chi connectivity index (χ4v) is 2.51. The molecule has 1 heterocycles. The molecule has 0 saturated carbocycles. The second-order valence-electron chi connectivity index (χ2n) is 4.76. The summed E-state index contributed by atoms with van der Waals surface area (Å²) in [5.41, 5.74) is 0.794. The van der Waals surface area contributed by atoms with Gasteiger partial charge in [0, 0.05) is 16.7 Å². The van der Waals surface area contributed by atoms with Gasteiger partial charge < -0.3 is 5.32 Å². The molecule has 1 aromatic carbocycles. The van der Waals surface area contributed by atoms with E-state index in [0.717, 1.165) is 29.5 Å². The maximum atomic E-state index is 11.9. The van der Waals surface area contributed by atoms with Gasteiger partial charge in [-0.15, -0.1) is 0 Å². The van der Waals surface area contributed by atoms with Crippen LogP contribution in [0.2, 0.25) is 0 Å². The van der Waals surface area contributed by atoms with E-state index in [2.05, 4.69) is 27.3 Å². The lowest BCUT2D eigenvalue weighted by atomic mass is 10.00. The van der Waals surface area contributed by atoms with E-state index in [1.807, 2.05) is 29.2 Å². The molecule has 1 aliphatic heterocycles. The molecule has 4 nitrogen and oxygen atoms in total. The zero-order valence-electron chi connectivity index (χ0n) is 10.6. The molecule has 0 bridgehead atoms. The van der Waals surface area contributed by atoms with Gasteiger partial charge >= 0.3 is 0 Å². The number of rotatable bonds is 3. The number of halogens is 1. The highest BCUT2D eigenvalue weighted by atomic mass is 79.9. The molecule has 19 heavy (non-hydrogen) atoms. The predicted octanol–water partition coefficient (Wildman–Crippen LogP) is 2.62. The molecule has 0 spiro atoms. The van der Waals surface area contributed by atoms with Crippen LogP contribution in [-0.2, 0) is 4.79 Å². The standard InChI is InChI=1S/C14H16BrN3O/c15-12-3-5-13(6-4-12)17-14(19)10-18-7-1-2-11(8-16)9-18/h3-6,11H,1-2,7,9-10H2,(H,17,19). The molecule has 1 saturated heterocycles. The van der Waals surface area contributed by atoms with E-state index in [1.54, 1.807) is 0 Å². The first kappa shape index (κ1) is 14.0. The second-order valence-corrected chi connectivity index (χ2v) is 5.67. The molecule has 0 aromatic heterocycles. The summed E-state index contributed by atoms with van der Waals surface area (Å²) in [6, 6.07) is 9.78. The lowest BCUT2D eigenvalue weighted by molar-refractivity contribution is -0.117. The van der Waals surface area contributed by atoms with Crippen molar-refractivity contribution in [3.63, 3.8) is 0 Å². The molecular formula is C14H16BrN3O. The van der Waals surface area contributed by atoms with Crippen LogP contribution in [0.5, 0.6) is 0 Å². The van der Waals surface area contributed by atoms with Crippen LogP contribution in [0.1, 0.15) is 12.8 Å². The fraction of sp³-hybridized carbons (Fsp3) is 0.429. The van der Waals surface area contributed by atoms with Crippen molar-refractivity contribution >= 4 is 27.5 Å². The number of nitrogens with zero attached hydrogens (tertiary/aromatic N) is 2. The van der Waals surface area contributed by atoms with Gasteiger partial charge in [0.15, 0.2) is 0 Å². The van der Waals surface area contributed by atoms with Crippen LogP contribution in [-0.4, -0.2) is 30.4 Å². The average Bonchev–Trinajstić information content (AvgIpc) is 2.41. The molecule has 100 valence electrons. The van der Waals surface area contributed by atoms with Crippen molar-refractivity contribution < 1.29 is 4.79 Å². The topological polar surface area (TPSA) is 56.1 Å². The third-order valence-electron chi connectivity index (χ3n) is 3.18. The normalized spacial score (nSPS) is 19.7. The second kappa shape index (κ2) is 6.69. The highest BCUT2D eigenvalue weighted by Gasteiger charge is 2.21. The van der Waals surface area contributed by atoms with Gasteiger partial charge in [-0.3, -0.25) is 9.69 Å². The first-order chi connectivity index (χ1) is 9.17. The number of amides is 1. The quantitative estimate of drug-likeness (QED) is 0.931. The summed E-state index contributed by atoms with van der Waals surface area (Å²) in [5.74, 6) is 0.0372. The zero-order chi connectivity index (χ0) is 13.7. The maximum absolute atomic E-state index is 11.9. The fourth-order valence-electron chi connectivity index (χ4n) is 2.24. The van der Waals surface area contributed by atoms with Crippen LogP contribution in [0.25, 0.3) is 0 Å². The van der Waals surface area contributed by atoms with Gasteiger partial charge in [-0.25, -0.2) is 0 Å². The van der Waals surface area contributed by atoms with Crippen LogP contribution in [0.15, 0.2) is 28.7 Å². The van der Waals surface area contributed by atoms with Crippen molar-refractivity contribution in [2.24, 2.45) is 5.92 Å². The number of carbonyl (C=O) groups excluding carboxylic acids is 1. The van der Waals surface area contributed by atoms with Crippen LogP contribution in [0.4, 0.5) is 5.69 Å². The minimum atomic E-state index is -0.0269. The number of hydrogen-bond acceptors (Lipinski definition) is 3. The molecule has 2 rings (SSSR count). The molecule has 1 unspecified atom stereocenters. The summed E-state index contributed by atoms with van der Waals surface area (Å²) in [5, 5.41) is 11.8. The van der Waals surface area contributed by atoms with Crippen LogP contribution in [0.3, 0.4) is 0 Å². The Morgan fingerprint density at radius 2 is 2.21 bits per heavy atom. The SMILES string of the molecule is N#CC1CCCN(CC(=O)Nc2ccc(Br)cc2)C1. The maximum Gasteiger partial charge on any atom is 0.238 e. The minimum Gasteiger partial charge on any atom is -0.325 e. The van der Waals surface area contributed by atoms with Gasteiger partial charge in [0.25, 0.3) is 0 Å². The Balaban J connectivity index is 1.84. The van der Waals surface area contributed by atoms with Crippen molar-refractivity contribution in [1.82, 2.24) is 4.90 Å². The Kier molecular flexibility index (Phi) is 4.94. The first-order valence-electron chi connectivity index (χ1n) is 6.35. The molecule has 5 heteroatoms. The number of nitrogens with one attached hydrogen (secondary N) is 1. The monoisotopic (exact) mass is 321 g/mol. The van der Waals surface area contributed by atoms with Crippen molar-refractivity contribution in [2.45, 2.75) is 12.8 Å². The van der Waals surface area contributed by atoms with E-state index in [-0.39, 0.29) is 11.8 Å². The molecule has 1 atom stereocenters. The lowest BCUT2D eigenvalue weighted by Crippen LogP contribution is -2.40. The Morgan fingerprint density at radius 3 is 2.89 bits per heavy atom. The van der Waals surface area contributed by atoms with Crippen LogP contribution in [0, 0.1) is 17.2 Å². The summed E-state index contributed by atoms with van der Waals surface area (Å²) in [6.07, 6.45) is 1.94. The molecule has 0 aliphatic carbocycles. The van der Waals surface area contributed by atoms with E-state index >= 15 is 0 Å². The highest BCUT2D eigenvalue weighted by Crippen LogP contribution is 2.16. The largest absolute Gasteiger partial charge is 0.325 e. The number of nitriles is 1. The van der Waals surface area contributed by atoms with Gasteiger partial charge in [-0.2, -0.15) is 5.26 Å². The summed E-state index contributed by atoms with van der Waals surface area (Å²) in [6.45, 7) is 1.95. The van der Waals surface area contributed by atoms with E-state index < -0.39 is 0 Å². The van der Waals surface area contributed by atoms with Gasteiger partial charge in [0.1, 0.15) is 0 Å². The van der Waals surface area contributed by atoms with E-state index in [0.29, 0.717) is 13.1 Å². The Labute approximate surface area is 121 Å². The first-order valence-corrected chi connectivity index (χ1v) is 7.14. The van der Waals surface area contributed by atoms with Gasteiger partial charge in [-0.1, -0.05) is 15.9 Å². The predicted molar refractivity (Wildman–Crippen MR) is 77.5 cm³/mol. The Morgan fingerprint density at radius 1 is 1.47 bits per heavy atom. The van der Waals surface area contributed by atoms with Gasteiger partial charge in [-0.05, 0) is 43.7 Å². The Bertz CT molecular complexity index is 480. The summed E-state index contributed by atoms with van der Waals surface area (Å²) in [4.78, 5) is 14.0. The van der Waals surface area contributed by atoms with E-state index in [9.17, 15) is 4.79 Å². The molecule has 1 aromatic rings. The zero-order valence-corrected chi connectivity index (χ0v) is 12.2. The average molecular weight is 322 g/mol. The summed E-state index contributed by atoms with van der Waals surface area (Å²) >= 11 is 3.35. The van der Waals surface area contributed by atoms with Crippen LogP contribution >= 0.6 is 15.9 Å². The van der Waals surface area contributed by atoms with Crippen molar-refractivity contribution in [3.05, 3.63) is 28.7 Å². The van der Waals surface area contributed by atoms with Gasteiger partial charge in [0.2, 0.25) is 5.91 Å².